The van der Waals surface area contributed by atoms with Crippen LogP contribution in [0.4, 0.5) is 0 Å². The van der Waals surface area contributed by atoms with Crippen LogP contribution in [0.5, 0.6) is 5.75 Å². The maximum absolute atomic E-state index is 5.85. The highest BCUT2D eigenvalue weighted by Gasteiger charge is 2.14. The molecular weight excluding hydrogens is 356 g/mol. The van der Waals surface area contributed by atoms with Crippen LogP contribution >= 0.6 is 0 Å². The number of benzene rings is 2. The highest BCUT2D eigenvalue weighted by molar-refractivity contribution is 5.61. The maximum Gasteiger partial charge on any atom is 0.258 e. The fraction of sp³-hybridized carbons (Fsp3) is 0.238. The Hall–Kier alpha value is -3.48. The molecule has 0 unspecified atom stereocenters. The molecule has 0 aliphatic heterocycles. The van der Waals surface area contributed by atoms with E-state index < -0.39 is 0 Å². The number of rotatable bonds is 6. The van der Waals surface area contributed by atoms with Crippen molar-refractivity contribution < 1.29 is 13.8 Å². The Bertz CT molecular complexity index is 1100. The molecule has 0 saturated carbocycles. The molecule has 2 aromatic heterocycles. The first-order valence-corrected chi connectivity index (χ1v) is 9.09. The van der Waals surface area contributed by atoms with E-state index in [0.29, 0.717) is 29.2 Å². The minimum absolute atomic E-state index is 0.198. The predicted molar refractivity (Wildman–Crippen MR) is 103 cm³/mol. The number of nitrogens with zero attached hydrogens (tertiary/aromatic N) is 4. The topological polar surface area (TPSA) is 87.1 Å². The second-order valence-corrected chi connectivity index (χ2v) is 6.44. The summed E-state index contributed by atoms with van der Waals surface area (Å²) < 4.78 is 16.5. The number of ether oxygens (including phenoxy) is 1. The molecule has 142 valence electrons. The van der Waals surface area contributed by atoms with Crippen LogP contribution in [-0.4, -0.2) is 20.3 Å². The summed E-state index contributed by atoms with van der Waals surface area (Å²) in [5.41, 5.74) is 3.97. The standard InChI is InChI=1S/C21H20N4O3/c1-4-15-7-5-6-8-17(15)20-23-19(25-28-20)12-26-16-10-9-13(2)18(11-16)21-22-14(3)24-27-21/h5-11H,4,12H2,1-3H3. The third-order valence-electron chi connectivity index (χ3n) is 4.43. The maximum atomic E-state index is 5.85. The Morgan fingerprint density at radius 2 is 1.68 bits per heavy atom. The molecule has 2 heterocycles. The first kappa shape index (κ1) is 17.9. The zero-order chi connectivity index (χ0) is 19.5. The van der Waals surface area contributed by atoms with Crippen molar-refractivity contribution in [1.82, 2.24) is 20.3 Å². The zero-order valence-electron chi connectivity index (χ0n) is 16.0. The lowest BCUT2D eigenvalue weighted by atomic mass is 10.1. The molecule has 0 fully saturated rings. The summed E-state index contributed by atoms with van der Waals surface area (Å²) in [6, 6.07) is 13.7. The van der Waals surface area contributed by atoms with Gasteiger partial charge in [-0.25, -0.2) is 0 Å². The normalized spacial score (nSPS) is 11.0. The van der Waals surface area contributed by atoms with Crippen LogP contribution in [0, 0.1) is 13.8 Å². The molecule has 0 N–H and O–H groups in total. The molecule has 0 aliphatic rings. The van der Waals surface area contributed by atoms with Gasteiger partial charge in [0.2, 0.25) is 5.82 Å². The summed E-state index contributed by atoms with van der Waals surface area (Å²) in [5, 5.41) is 7.88. The molecule has 0 saturated heterocycles. The van der Waals surface area contributed by atoms with Gasteiger partial charge >= 0.3 is 0 Å². The van der Waals surface area contributed by atoms with Gasteiger partial charge in [0.15, 0.2) is 12.4 Å². The van der Waals surface area contributed by atoms with Gasteiger partial charge in [-0.05, 0) is 49.6 Å². The first-order valence-electron chi connectivity index (χ1n) is 9.09. The summed E-state index contributed by atoms with van der Waals surface area (Å²) in [6.07, 6.45) is 0.895. The van der Waals surface area contributed by atoms with E-state index in [1.54, 1.807) is 6.92 Å². The lowest BCUT2D eigenvalue weighted by molar-refractivity contribution is 0.287. The van der Waals surface area contributed by atoms with Crippen molar-refractivity contribution in [3.63, 3.8) is 0 Å². The Morgan fingerprint density at radius 1 is 0.893 bits per heavy atom. The highest BCUT2D eigenvalue weighted by Crippen LogP contribution is 2.27. The van der Waals surface area contributed by atoms with E-state index in [2.05, 4.69) is 33.3 Å². The van der Waals surface area contributed by atoms with Gasteiger partial charge in [-0.2, -0.15) is 9.97 Å². The van der Waals surface area contributed by atoms with E-state index >= 15 is 0 Å². The average Bonchev–Trinajstić information content (AvgIpc) is 3.36. The fourth-order valence-electron chi connectivity index (χ4n) is 2.93. The van der Waals surface area contributed by atoms with Crippen molar-refractivity contribution in [1.29, 1.82) is 0 Å². The van der Waals surface area contributed by atoms with Crippen LogP contribution in [0.1, 0.15) is 29.7 Å². The van der Waals surface area contributed by atoms with Crippen LogP contribution in [0.15, 0.2) is 51.5 Å². The van der Waals surface area contributed by atoms with Gasteiger partial charge in [0, 0.05) is 11.1 Å². The SMILES string of the molecule is CCc1ccccc1-c1nc(COc2ccc(C)c(-c3nc(C)no3)c2)no1. The van der Waals surface area contributed by atoms with Crippen molar-refractivity contribution in [3.8, 4) is 28.7 Å². The van der Waals surface area contributed by atoms with E-state index in [0.717, 1.165) is 28.7 Å². The van der Waals surface area contributed by atoms with Crippen molar-refractivity contribution >= 4 is 0 Å². The number of hydrogen-bond acceptors (Lipinski definition) is 7. The molecule has 4 aromatic rings. The van der Waals surface area contributed by atoms with E-state index in [4.69, 9.17) is 13.8 Å². The minimum Gasteiger partial charge on any atom is -0.485 e. The van der Waals surface area contributed by atoms with E-state index in [1.165, 1.54) is 0 Å². The largest absolute Gasteiger partial charge is 0.485 e. The molecule has 0 atom stereocenters. The van der Waals surface area contributed by atoms with Crippen LogP contribution in [-0.2, 0) is 13.0 Å². The molecule has 0 radical (unpaired) electrons. The number of aromatic nitrogens is 4. The quantitative estimate of drug-likeness (QED) is 0.488. The second-order valence-electron chi connectivity index (χ2n) is 6.44. The van der Waals surface area contributed by atoms with E-state index in [1.807, 2.05) is 43.3 Å². The molecule has 2 aromatic carbocycles. The Balaban J connectivity index is 1.50. The van der Waals surface area contributed by atoms with Crippen LogP contribution in [0.3, 0.4) is 0 Å². The second kappa shape index (κ2) is 7.64. The highest BCUT2D eigenvalue weighted by atomic mass is 16.5. The number of hydrogen-bond donors (Lipinski definition) is 0. The Kier molecular flexibility index (Phi) is 4.89. The summed E-state index contributed by atoms with van der Waals surface area (Å²) >= 11 is 0. The lowest BCUT2D eigenvalue weighted by Crippen LogP contribution is -1.98. The van der Waals surface area contributed by atoms with Gasteiger partial charge < -0.3 is 13.8 Å². The molecule has 0 spiro atoms. The predicted octanol–water partition coefficient (Wildman–Crippen LogP) is 4.54. The fourth-order valence-corrected chi connectivity index (χ4v) is 2.93. The van der Waals surface area contributed by atoms with Crippen molar-refractivity contribution in [2.75, 3.05) is 0 Å². The van der Waals surface area contributed by atoms with Crippen LogP contribution in [0.2, 0.25) is 0 Å². The van der Waals surface area contributed by atoms with E-state index in [-0.39, 0.29) is 6.61 Å². The third kappa shape index (κ3) is 3.64. The molecule has 4 rings (SSSR count). The van der Waals surface area contributed by atoms with E-state index in [9.17, 15) is 0 Å². The lowest BCUT2D eigenvalue weighted by Gasteiger charge is -2.06. The van der Waals surface area contributed by atoms with Crippen molar-refractivity contribution in [2.24, 2.45) is 0 Å². The summed E-state index contributed by atoms with van der Waals surface area (Å²) in [5.74, 6) is 2.71. The first-order chi connectivity index (χ1) is 13.6. The van der Waals surface area contributed by atoms with Gasteiger partial charge in [0.05, 0.1) is 0 Å². The zero-order valence-corrected chi connectivity index (χ0v) is 16.0. The molecule has 28 heavy (non-hydrogen) atoms. The Labute approximate surface area is 162 Å². The van der Waals surface area contributed by atoms with Gasteiger partial charge in [0.25, 0.3) is 11.8 Å². The molecule has 0 bridgehead atoms. The molecule has 7 heteroatoms. The van der Waals surface area contributed by atoms with Gasteiger partial charge in [-0.15, -0.1) is 0 Å². The molecular formula is C21H20N4O3. The minimum atomic E-state index is 0.198. The van der Waals surface area contributed by atoms with Gasteiger partial charge in [-0.3, -0.25) is 0 Å². The summed E-state index contributed by atoms with van der Waals surface area (Å²) in [4.78, 5) is 8.74. The smallest absolute Gasteiger partial charge is 0.258 e. The third-order valence-corrected chi connectivity index (χ3v) is 4.43. The number of aryl methyl sites for hydroxylation is 3. The summed E-state index contributed by atoms with van der Waals surface area (Å²) in [6.45, 7) is 6.06. The Morgan fingerprint density at radius 3 is 2.46 bits per heavy atom. The molecule has 7 nitrogen and oxygen atoms in total. The van der Waals surface area contributed by atoms with Crippen LogP contribution in [0.25, 0.3) is 22.9 Å². The summed E-state index contributed by atoms with van der Waals surface area (Å²) in [7, 11) is 0. The average molecular weight is 376 g/mol. The van der Waals surface area contributed by atoms with Gasteiger partial charge in [0.1, 0.15) is 5.75 Å². The molecule has 0 amide bonds. The molecule has 0 aliphatic carbocycles. The van der Waals surface area contributed by atoms with Crippen LogP contribution < -0.4 is 4.74 Å². The van der Waals surface area contributed by atoms with Crippen molar-refractivity contribution in [3.05, 3.63) is 65.2 Å². The van der Waals surface area contributed by atoms with Gasteiger partial charge in [-0.1, -0.05) is 41.5 Å². The monoisotopic (exact) mass is 376 g/mol. The van der Waals surface area contributed by atoms with Crippen molar-refractivity contribution in [2.45, 2.75) is 33.8 Å².